The summed E-state index contributed by atoms with van der Waals surface area (Å²) in [5, 5.41) is 3.20. The second kappa shape index (κ2) is 6.82. The molecule has 1 saturated carbocycles. The smallest absolute Gasteiger partial charge is 0.224 e. The number of rotatable bonds is 4. The summed E-state index contributed by atoms with van der Waals surface area (Å²) in [6.07, 6.45) is 6.48. The van der Waals surface area contributed by atoms with Gasteiger partial charge in [0.1, 0.15) is 5.82 Å². The Bertz CT molecular complexity index is 752. The third-order valence-electron chi connectivity index (χ3n) is 5.18. The van der Waals surface area contributed by atoms with Crippen LogP contribution in [0.2, 0.25) is 0 Å². The fourth-order valence-electron chi connectivity index (χ4n) is 3.76. The molecule has 0 unspecified atom stereocenters. The third kappa shape index (κ3) is 3.65. The van der Waals surface area contributed by atoms with E-state index < -0.39 is 0 Å². The molecule has 1 aromatic carbocycles. The van der Waals surface area contributed by atoms with E-state index in [2.05, 4.69) is 15.2 Å². The average molecular weight is 339 g/mol. The number of pyridine rings is 1. The molecule has 0 spiro atoms. The van der Waals surface area contributed by atoms with Crippen LogP contribution in [0, 0.1) is 11.7 Å². The summed E-state index contributed by atoms with van der Waals surface area (Å²) < 4.78 is 13.4. The molecule has 1 saturated heterocycles. The van der Waals surface area contributed by atoms with Crippen molar-refractivity contribution in [1.82, 2.24) is 10.3 Å². The van der Waals surface area contributed by atoms with Crippen LogP contribution >= 0.6 is 0 Å². The molecule has 2 aliphatic rings. The number of nitrogens with one attached hydrogen (secondary N) is 1. The highest BCUT2D eigenvalue weighted by molar-refractivity contribution is 5.83. The normalized spacial score (nSPS) is 25.5. The molecule has 25 heavy (non-hydrogen) atoms. The van der Waals surface area contributed by atoms with Crippen LogP contribution < -0.4 is 10.2 Å². The molecule has 1 aromatic heterocycles. The Balaban J connectivity index is 1.34. The quantitative estimate of drug-likeness (QED) is 0.931. The molecule has 4 nitrogen and oxygen atoms in total. The van der Waals surface area contributed by atoms with Crippen LogP contribution in [0.1, 0.15) is 30.7 Å². The Hall–Kier alpha value is -2.43. The lowest BCUT2D eigenvalue weighted by Crippen LogP contribution is -2.48. The predicted molar refractivity (Wildman–Crippen MR) is 94.9 cm³/mol. The summed E-state index contributed by atoms with van der Waals surface area (Å²) in [5.74, 6) is 0.284. The minimum Gasteiger partial charge on any atom is -0.369 e. The molecule has 0 bridgehead atoms. The van der Waals surface area contributed by atoms with Gasteiger partial charge in [0.05, 0.1) is 0 Å². The zero-order valence-corrected chi connectivity index (χ0v) is 14.1. The van der Waals surface area contributed by atoms with Crippen molar-refractivity contribution in [3.05, 3.63) is 60.2 Å². The van der Waals surface area contributed by atoms with E-state index in [1.54, 1.807) is 18.3 Å². The van der Waals surface area contributed by atoms with Crippen molar-refractivity contribution >= 4 is 11.6 Å². The lowest BCUT2D eigenvalue weighted by atomic mass is 10.0. The Morgan fingerprint density at radius 1 is 1.28 bits per heavy atom. The first-order valence-corrected chi connectivity index (χ1v) is 8.91. The van der Waals surface area contributed by atoms with Crippen molar-refractivity contribution in [1.29, 1.82) is 0 Å². The molecule has 4 rings (SSSR count). The zero-order valence-electron chi connectivity index (χ0n) is 14.1. The number of hydrogen-bond acceptors (Lipinski definition) is 3. The van der Waals surface area contributed by atoms with Crippen molar-refractivity contribution in [2.45, 2.75) is 31.2 Å². The van der Waals surface area contributed by atoms with Gasteiger partial charge >= 0.3 is 0 Å². The van der Waals surface area contributed by atoms with Crippen molar-refractivity contribution < 1.29 is 9.18 Å². The number of halogens is 1. The van der Waals surface area contributed by atoms with Crippen molar-refractivity contribution in [3.8, 4) is 0 Å². The van der Waals surface area contributed by atoms with Gasteiger partial charge in [-0.2, -0.15) is 0 Å². The van der Waals surface area contributed by atoms with E-state index >= 15 is 0 Å². The second-order valence-corrected chi connectivity index (χ2v) is 7.01. The summed E-state index contributed by atoms with van der Waals surface area (Å²) in [5.41, 5.74) is 2.03. The van der Waals surface area contributed by atoms with Gasteiger partial charge < -0.3 is 10.2 Å². The Labute approximate surface area is 147 Å². The number of piperidine rings is 1. The first-order chi connectivity index (χ1) is 12.2. The molecule has 2 aromatic rings. The molecule has 1 aliphatic heterocycles. The van der Waals surface area contributed by atoms with E-state index in [1.165, 1.54) is 6.07 Å². The summed E-state index contributed by atoms with van der Waals surface area (Å²) in [6, 6.07) is 10.8. The largest absolute Gasteiger partial charge is 0.369 e. The van der Waals surface area contributed by atoms with Crippen molar-refractivity contribution in [2.75, 3.05) is 18.0 Å². The highest BCUT2D eigenvalue weighted by Crippen LogP contribution is 2.47. The molecule has 130 valence electrons. The van der Waals surface area contributed by atoms with E-state index in [-0.39, 0.29) is 23.7 Å². The SMILES string of the molecule is O=C(N[C@@H]1CCCN(c2cccc(F)c2)C1)[C@@H]1C[C@H]1c1cccnc1. The molecule has 5 heteroatoms. The standard InChI is InChI=1S/C20H22FN3O/c21-15-5-1-7-17(10-15)24-9-3-6-16(13-24)23-20(25)19-11-18(19)14-4-2-8-22-12-14/h1-2,4-5,7-8,10,12,16,18-19H,3,6,9,11,13H2,(H,23,25)/t16-,18+,19-/m1/s1. The van der Waals surface area contributed by atoms with Gasteiger partial charge in [0, 0.05) is 43.1 Å². The number of carbonyl (C=O) groups excluding carboxylic acids is 1. The highest BCUT2D eigenvalue weighted by Gasteiger charge is 2.44. The Kier molecular flexibility index (Phi) is 4.38. The van der Waals surface area contributed by atoms with Crippen LogP contribution in [0.5, 0.6) is 0 Å². The Morgan fingerprint density at radius 3 is 3.00 bits per heavy atom. The molecule has 0 radical (unpaired) electrons. The summed E-state index contributed by atoms with van der Waals surface area (Å²) in [7, 11) is 0. The van der Waals surface area contributed by atoms with E-state index in [0.29, 0.717) is 5.92 Å². The minimum absolute atomic E-state index is 0.0637. The van der Waals surface area contributed by atoms with Crippen LogP contribution in [-0.2, 0) is 4.79 Å². The molecular formula is C20H22FN3O. The summed E-state index contributed by atoms with van der Waals surface area (Å²) >= 11 is 0. The molecular weight excluding hydrogens is 317 g/mol. The van der Waals surface area contributed by atoms with Gasteiger partial charge in [0.15, 0.2) is 0 Å². The fraction of sp³-hybridized carbons (Fsp3) is 0.400. The number of hydrogen-bond donors (Lipinski definition) is 1. The van der Waals surface area contributed by atoms with Crippen LogP contribution in [-0.4, -0.2) is 30.0 Å². The van der Waals surface area contributed by atoms with E-state index in [1.807, 2.05) is 24.4 Å². The zero-order chi connectivity index (χ0) is 17.2. The maximum atomic E-state index is 13.4. The number of anilines is 1. The van der Waals surface area contributed by atoms with Gasteiger partial charge in [-0.1, -0.05) is 12.1 Å². The van der Waals surface area contributed by atoms with Gasteiger partial charge in [-0.25, -0.2) is 4.39 Å². The molecule has 3 atom stereocenters. The number of amides is 1. The van der Waals surface area contributed by atoms with Gasteiger partial charge in [-0.3, -0.25) is 9.78 Å². The second-order valence-electron chi connectivity index (χ2n) is 7.01. The predicted octanol–water partition coefficient (Wildman–Crippen LogP) is 3.11. The molecule has 2 fully saturated rings. The number of carbonyl (C=O) groups is 1. The monoisotopic (exact) mass is 339 g/mol. The maximum Gasteiger partial charge on any atom is 0.224 e. The van der Waals surface area contributed by atoms with Gasteiger partial charge in [-0.05, 0) is 55.0 Å². The Morgan fingerprint density at radius 2 is 2.20 bits per heavy atom. The molecule has 1 amide bonds. The number of aromatic nitrogens is 1. The number of benzene rings is 1. The van der Waals surface area contributed by atoms with Gasteiger partial charge in [-0.15, -0.1) is 0 Å². The third-order valence-corrected chi connectivity index (χ3v) is 5.18. The molecule has 2 heterocycles. The first kappa shape index (κ1) is 16.1. The molecule has 1 N–H and O–H groups in total. The first-order valence-electron chi connectivity index (χ1n) is 8.91. The van der Waals surface area contributed by atoms with Gasteiger partial charge in [0.25, 0.3) is 0 Å². The van der Waals surface area contributed by atoms with E-state index in [9.17, 15) is 9.18 Å². The van der Waals surface area contributed by atoms with Crippen LogP contribution in [0.15, 0.2) is 48.8 Å². The molecule has 1 aliphatic carbocycles. The average Bonchev–Trinajstić information content (AvgIpc) is 3.44. The maximum absolute atomic E-state index is 13.4. The lowest BCUT2D eigenvalue weighted by molar-refractivity contribution is -0.123. The lowest BCUT2D eigenvalue weighted by Gasteiger charge is -2.34. The van der Waals surface area contributed by atoms with Crippen LogP contribution in [0.4, 0.5) is 10.1 Å². The van der Waals surface area contributed by atoms with Crippen molar-refractivity contribution in [3.63, 3.8) is 0 Å². The van der Waals surface area contributed by atoms with E-state index in [0.717, 1.165) is 43.6 Å². The summed E-state index contributed by atoms with van der Waals surface area (Å²) in [4.78, 5) is 18.8. The topological polar surface area (TPSA) is 45.2 Å². The van der Waals surface area contributed by atoms with Crippen molar-refractivity contribution in [2.24, 2.45) is 5.92 Å². The van der Waals surface area contributed by atoms with Gasteiger partial charge in [0.2, 0.25) is 5.91 Å². The van der Waals surface area contributed by atoms with Crippen LogP contribution in [0.3, 0.4) is 0 Å². The van der Waals surface area contributed by atoms with Crippen LogP contribution in [0.25, 0.3) is 0 Å². The van der Waals surface area contributed by atoms with E-state index in [4.69, 9.17) is 0 Å². The number of nitrogens with zero attached hydrogens (tertiary/aromatic N) is 2. The summed E-state index contributed by atoms with van der Waals surface area (Å²) in [6.45, 7) is 1.64. The fourth-order valence-corrected chi connectivity index (χ4v) is 3.76. The highest BCUT2D eigenvalue weighted by atomic mass is 19.1. The minimum atomic E-state index is -0.221.